The van der Waals surface area contributed by atoms with Crippen LogP contribution in [0.15, 0.2) is 47.7 Å². The first-order valence-corrected chi connectivity index (χ1v) is 6.19. The van der Waals surface area contributed by atoms with Crippen molar-refractivity contribution in [2.45, 2.75) is 6.54 Å². The molecule has 2 aromatic heterocycles. The lowest BCUT2D eigenvalue weighted by Gasteiger charge is -2.05. The van der Waals surface area contributed by atoms with Crippen LogP contribution in [0.4, 0.5) is 0 Å². The number of rotatable bonds is 2. The van der Waals surface area contributed by atoms with Crippen molar-refractivity contribution in [1.82, 2.24) is 14.1 Å². The van der Waals surface area contributed by atoms with E-state index in [2.05, 4.69) is 11.1 Å². The Labute approximate surface area is 115 Å². The van der Waals surface area contributed by atoms with Crippen molar-refractivity contribution >= 4 is 11.0 Å². The molecule has 0 atom stereocenters. The molecule has 0 aliphatic rings. The molecule has 0 aliphatic carbocycles. The summed E-state index contributed by atoms with van der Waals surface area (Å²) in [4.78, 5) is 16.5. The molecule has 0 aliphatic heterocycles. The maximum Gasteiger partial charge on any atom is 0.277 e. The van der Waals surface area contributed by atoms with E-state index in [1.165, 1.54) is 10.9 Å². The van der Waals surface area contributed by atoms with E-state index in [4.69, 9.17) is 5.26 Å². The number of hydrogen-bond acceptors (Lipinski definition) is 3. The van der Waals surface area contributed by atoms with Crippen LogP contribution in [0.1, 0.15) is 11.1 Å². The maximum atomic E-state index is 12.3. The Balaban J connectivity index is 2.23. The fourth-order valence-electron chi connectivity index (χ4n) is 2.25. The molecule has 0 unspecified atom stereocenters. The zero-order chi connectivity index (χ0) is 14.1. The molecule has 0 N–H and O–H groups in total. The summed E-state index contributed by atoms with van der Waals surface area (Å²) in [6.45, 7) is 0.542. The molecular weight excluding hydrogens is 252 g/mol. The van der Waals surface area contributed by atoms with Crippen molar-refractivity contribution in [2.75, 3.05) is 0 Å². The average Bonchev–Trinajstić information content (AvgIpc) is 2.82. The van der Waals surface area contributed by atoms with Gasteiger partial charge in [0.05, 0.1) is 11.9 Å². The number of nitriles is 1. The molecule has 3 rings (SSSR count). The second-order valence-corrected chi connectivity index (χ2v) is 4.63. The van der Waals surface area contributed by atoms with Gasteiger partial charge in [-0.05, 0) is 5.56 Å². The lowest BCUT2D eigenvalue weighted by molar-refractivity contribution is 0.796. The minimum absolute atomic E-state index is 0.146. The average molecular weight is 264 g/mol. The zero-order valence-electron chi connectivity index (χ0n) is 10.9. The van der Waals surface area contributed by atoms with Gasteiger partial charge in [0, 0.05) is 19.8 Å². The van der Waals surface area contributed by atoms with Crippen LogP contribution in [0.5, 0.6) is 0 Å². The summed E-state index contributed by atoms with van der Waals surface area (Å²) in [5, 5.41) is 9.16. The fourth-order valence-corrected chi connectivity index (χ4v) is 2.25. The third-order valence-electron chi connectivity index (χ3n) is 3.25. The Morgan fingerprint density at radius 1 is 1.30 bits per heavy atom. The van der Waals surface area contributed by atoms with E-state index in [0.29, 0.717) is 23.1 Å². The Morgan fingerprint density at radius 3 is 2.75 bits per heavy atom. The number of benzene rings is 1. The standard InChI is InChI=1S/C15H12N4O/c1-18-10-17-13-12(7-16)9-19(14(13)15(18)20)8-11-5-3-2-4-6-11/h2-6,9-10H,8H2,1H3. The highest BCUT2D eigenvalue weighted by molar-refractivity contribution is 5.81. The quantitative estimate of drug-likeness (QED) is 0.707. The number of aromatic nitrogens is 3. The van der Waals surface area contributed by atoms with Gasteiger partial charge in [0.1, 0.15) is 17.1 Å². The smallest absolute Gasteiger partial charge is 0.277 e. The van der Waals surface area contributed by atoms with E-state index >= 15 is 0 Å². The van der Waals surface area contributed by atoms with Crippen LogP contribution in [-0.4, -0.2) is 14.1 Å². The molecule has 0 radical (unpaired) electrons. The number of fused-ring (bicyclic) bond motifs is 1. The van der Waals surface area contributed by atoms with E-state index in [1.54, 1.807) is 17.8 Å². The van der Waals surface area contributed by atoms with Gasteiger partial charge in [0.2, 0.25) is 0 Å². The summed E-state index contributed by atoms with van der Waals surface area (Å²) in [6.07, 6.45) is 3.13. The van der Waals surface area contributed by atoms with E-state index < -0.39 is 0 Å². The van der Waals surface area contributed by atoms with E-state index in [1.807, 2.05) is 30.3 Å². The molecule has 0 spiro atoms. The van der Waals surface area contributed by atoms with Crippen LogP contribution in [0.3, 0.4) is 0 Å². The number of nitrogens with zero attached hydrogens (tertiary/aromatic N) is 4. The summed E-state index contributed by atoms with van der Waals surface area (Å²) in [5.74, 6) is 0. The van der Waals surface area contributed by atoms with Gasteiger partial charge < -0.3 is 9.13 Å². The summed E-state index contributed by atoms with van der Waals surface area (Å²) in [5.41, 5.74) is 2.28. The van der Waals surface area contributed by atoms with Crippen molar-refractivity contribution in [2.24, 2.45) is 7.05 Å². The first-order valence-electron chi connectivity index (χ1n) is 6.19. The summed E-state index contributed by atoms with van der Waals surface area (Å²) in [6, 6.07) is 11.9. The molecule has 0 amide bonds. The van der Waals surface area contributed by atoms with Crippen LogP contribution in [0.2, 0.25) is 0 Å². The SMILES string of the molecule is Cn1cnc2c(C#N)cn(Cc3ccccc3)c2c1=O. The molecule has 98 valence electrons. The van der Waals surface area contributed by atoms with Crippen molar-refractivity contribution in [3.05, 3.63) is 64.3 Å². The minimum Gasteiger partial charge on any atom is -0.336 e. The second kappa shape index (κ2) is 4.67. The molecule has 20 heavy (non-hydrogen) atoms. The summed E-state index contributed by atoms with van der Waals surface area (Å²) < 4.78 is 3.21. The highest BCUT2D eigenvalue weighted by Crippen LogP contribution is 2.16. The Bertz CT molecular complexity index is 869. The molecule has 5 nitrogen and oxygen atoms in total. The molecule has 0 fully saturated rings. The van der Waals surface area contributed by atoms with Gasteiger partial charge in [0.25, 0.3) is 5.56 Å². The van der Waals surface area contributed by atoms with Gasteiger partial charge >= 0.3 is 0 Å². The van der Waals surface area contributed by atoms with Crippen molar-refractivity contribution in [3.63, 3.8) is 0 Å². The van der Waals surface area contributed by atoms with E-state index in [0.717, 1.165) is 5.56 Å². The monoisotopic (exact) mass is 264 g/mol. The largest absolute Gasteiger partial charge is 0.336 e. The highest BCUT2D eigenvalue weighted by atomic mass is 16.1. The van der Waals surface area contributed by atoms with Crippen LogP contribution in [0, 0.1) is 11.3 Å². The Morgan fingerprint density at radius 2 is 2.05 bits per heavy atom. The van der Waals surface area contributed by atoms with Crippen LogP contribution in [-0.2, 0) is 13.6 Å². The zero-order valence-corrected chi connectivity index (χ0v) is 10.9. The molecule has 3 aromatic rings. The predicted octanol–water partition coefficient (Wildman–Crippen LogP) is 1.65. The summed E-state index contributed by atoms with van der Waals surface area (Å²) in [7, 11) is 1.65. The summed E-state index contributed by atoms with van der Waals surface area (Å²) >= 11 is 0. The van der Waals surface area contributed by atoms with E-state index in [9.17, 15) is 4.79 Å². The highest BCUT2D eigenvalue weighted by Gasteiger charge is 2.14. The Kier molecular flexibility index (Phi) is 2.84. The molecule has 5 heteroatoms. The van der Waals surface area contributed by atoms with Gasteiger partial charge in [-0.15, -0.1) is 0 Å². The van der Waals surface area contributed by atoms with E-state index in [-0.39, 0.29) is 5.56 Å². The molecule has 0 bridgehead atoms. The molecule has 2 heterocycles. The van der Waals surface area contributed by atoms with Crippen molar-refractivity contribution < 1.29 is 0 Å². The lowest BCUT2D eigenvalue weighted by atomic mass is 10.2. The van der Waals surface area contributed by atoms with Crippen LogP contribution < -0.4 is 5.56 Å². The van der Waals surface area contributed by atoms with Gasteiger partial charge in [-0.1, -0.05) is 30.3 Å². The molecule has 1 aromatic carbocycles. The molecule has 0 saturated carbocycles. The first kappa shape index (κ1) is 12.2. The topological polar surface area (TPSA) is 63.6 Å². The Hall–Kier alpha value is -2.87. The molecular formula is C15H12N4O. The van der Waals surface area contributed by atoms with Gasteiger partial charge in [-0.3, -0.25) is 4.79 Å². The fraction of sp³-hybridized carbons (Fsp3) is 0.133. The second-order valence-electron chi connectivity index (χ2n) is 4.63. The van der Waals surface area contributed by atoms with Gasteiger partial charge in [0.15, 0.2) is 0 Å². The van der Waals surface area contributed by atoms with Crippen molar-refractivity contribution in [1.29, 1.82) is 5.26 Å². The van der Waals surface area contributed by atoms with Crippen LogP contribution >= 0.6 is 0 Å². The van der Waals surface area contributed by atoms with Gasteiger partial charge in [-0.25, -0.2) is 4.98 Å². The first-order chi connectivity index (χ1) is 9.70. The number of hydrogen-bond donors (Lipinski definition) is 0. The third kappa shape index (κ3) is 1.88. The number of aryl methyl sites for hydroxylation is 1. The van der Waals surface area contributed by atoms with Gasteiger partial charge in [-0.2, -0.15) is 5.26 Å². The van der Waals surface area contributed by atoms with Crippen LogP contribution in [0.25, 0.3) is 11.0 Å². The molecule has 0 saturated heterocycles. The normalized spacial score (nSPS) is 10.6. The minimum atomic E-state index is -0.146. The lowest BCUT2D eigenvalue weighted by Crippen LogP contribution is -2.19. The van der Waals surface area contributed by atoms with Crippen molar-refractivity contribution in [3.8, 4) is 6.07 Å². The predicted molar refractivity (Wildman–Crippen MR) is 75.2 cm³/mol. The maximum absolute atomic E-state index is 12.3. The third-order valence-corrected chi connectivity index (χ3v) is 3.25.